The van der Waals surface area contributed by atoms with Crippen molar-refractivity contribution >= 4 is 11.6 Å². The van der Waals surface area contributed by atoms with E-state index in [2.05, 4.69) is 0 Å². The lowest BCUT2D eigenvalue weighted by molar-refractivity contribution is 0.194. The minimum Gasteiger partial charge on any atom is -0.507 e. The minimum absolute atomic E-state index is 0.164. The molecule has 1 aromatic rings. The van der Waals surface area contributed by atoms with Crippen LogP contribution >= 0.6 is 11.6 Å². The van der Waals surface area contributed by atoms with Crippen molar-refractivity contribution in [1.29, 1.82) is 0 Å². The summed E-state index contributed by atoms with van der Waals surface area (Å²) >= 11 is 6.02. The average molecular weight is 243 g/mol. The molecule has 0 saturated heterocycles. The number of aliphatic hydroxyl groups is 1. The number of aromatic hydroxyl groups is 1. The predicted octanol–water partition coefficient (Wildman–Crippen LogP) is 3.27. The number of aliphatic hydroxyl groups excluding tert-OH is 1. The minimum atomic E-state index is -0.489. The van der Waals surface area contributed by atoms with Crippen LogP contribution in [0.15, 0.2) is 12.1 Å². The van der Waals surface area contributed by atoms with E-state index in [1.807, 2.05) is 20.8 Å². The van der Waals surface area contributed by atoms with Crippen molar-refractivity contribution in [3.63, 3.8) is 0 Å². The Bertz CT molecular complexity index is 378. The van der Waals surface area contributed by atoms with Crippen LogP contribution in [0.2, 0.25) is 5.02 Å². The Balaban J connectivity index is 3.26. The maximum Gasteiger partial charge on any atom is 0.122 e. The van der Waals surface area contributed by atoms with Crippen molar-refractivity contribution < 1.29 is 10.2 Å². The van der Waals surface area contributed by atoms with Crippen LogP contribution in [-0.2, 0) is 11.8 Å². The summed E-state index contributed by atoms with van der Waals surface area (Å²) < 4.78 is 0. The van der Waals surface area contributed by atoms with Gasteiger partial charge in [-0.2, -0.15) is 0 Å². The Labute approximate surface area is 102 Å². The molecule has 1 unspecified atom stereocenters. The van der Waals surface area contributed by atoms with E-state index in [9.17, 15) is 10.2 Å². The van der Waals surface area contributed by atoms with Gasteiger partial charge in [-0.15, -0.1) is 0 Å². The van der Waals surface area contributed by atoms with Gasteiger partial charge in [0.2, 0.25) is 0 Å². The quantitative estimate of drug-likeness (QED) is 0.836. The van der Waals surface area contributed by atoms with Gasteiger partial charge >= 0.3 is 0 Å². The van der Waals surface area contributed by atoms with Crippen molar-refractivity contribution in [2.75, 3.05) is 0 Å². The molecule has 0 aromatic heterocycles. The van der Waals surface area contributed by atoms with Gasteiger partial charge in [0.25, 0.3) is 0 Å². The summed E-state index contributed by atoms with van der Waals surface area (Å²) in [6.07, 6.45) is -0.0765. The van der Waals surface area contributed by atoms with Gasteiger partial charge in [-0.1, -0.05) is 32.4 Å². The summed E-state index contributed by atoms with van der Waals surface area (Å²) in [4.78, 5) is 0. The monoisotopic (exact) mass is 242 g/mol. The zero-order valence-electron chi connectivity index (χ0n) is 10.2. The first-order valence-corrected chi connectivity index (χ1v) is 5.79. The summed E-state index contributed by atoms with van der Waals surface area (Å²) in [6.45, 7) is 7.75. The van der Waals surface area contributed by atoms with Crippen LogP contribution in [0.5, 0.6) is 5.75 Å². The van der Waals surface area contributed by atoms with Crippen LogP contribution in [0.1, 0.15) is 38.8 Å². The highest BCUT2D eigenvalue weighted by atomic mass is 35.5. The molecule has 0 heterocycles. The molecule has 16 heavy (non-hydrogen) atoms. The Morgan fingerprint density at radius 2 is 1.88 bits per heavy atom. The molecule has 1 rings (SSSR count). The van der Waals surface area contributed by atoms with Gasteiger partial charge in [0.1, 0.15) is 5.75 Å². The number of phenols is 1. The largest absolute Gasteiger partial charge is 0.507 e. The number of rotatable bonds is 2. The molecule has 0 aliphatic carbocycles. The summed E-state index contributed by atoms with van der Waals surface area (Å²) in [5, 5.41) is 20.1. The second-order valence-corrected chi connectivity index (χ2v) is 5.70. The fraction of sp³-hybridized carbons (Fsp3) is 0.538. The van der Waals surface area contributed by atoms with Gasteiger partial charge < -0.3 is 10.2 Å². The van der Waals surface area contributed by atoms with Gasteiger partial charge in [-0.05, 0) is 30.0 Å². The van der Waals surface area contributed by atoms with Gasteiger partial charge in [-0.3, -0.25) is 0 Å². The highest BCUT2D eigenvalue weighted by molar-refractivity contribution is 6.30. The molecule has 90 valence electrons. The first kappa shape index (κ1) is 13.3. The number of hydrogen-bond donors (Lipinski definition) is 2. The van der Waals surface area contributed by atoms with Crippen LogP contribution in [0.4, 0.5) is 0 Å². The Morgan fingerprint density at radius 3 is 2.31 bits per heavy atom. The number of hydrogen-bond acceptors (Lipinski definition) is 2. The van der Waals surface area contributed by atoms with E-state index in [-0.39, 0.29) is 11.2 Å². The number of benzene rings is 1. The van der Waals surface area contributed by atoms with E-state index in [1.165, 1.54) is 0 Å². The highest BCUT2D eigenvalue weighted by Crippen LogP contribution is 2.36. The normalized spacial score (nSPS) is 13.9. The molecule has 0 amide bonds. The molecular formula is C13H19ClO2. The fourth-order valence-corrected chi connectivity index (χ4v) is 1.94. The lowest BCUT2D eigenvalue weighted by Crippen LogP contribution is -2.13. The van der Waals surface area contributed by atoms with Crippen molar-refractivity contribution in [3.8, 4) is 5.75 Å². The van der Waals surface area contributed by atoms with E-state index in [1.54, 1.807) is 19.1 Å². The van der Waals surface area contributed by atoms with E-state index in [0.29, 0.717) is 17.0 Å². The van der Waals surface area contributed by atoms with E-state index >= 15 is 0 Å². The summed E-state index contributed by atoms with van der Waals surface area (Å²) in [5.74, 6) is 0.248. The van der Waals surface area contributed by atoms with Crippen LogP contribution < -0.4 is 0 Å². The van der Waals surface area contributed by atoms with Crippen LogP contribution in [-0.4, -0.2) is 16.3 Å². The lowest BCUT2D eigenvalue weighted by atomic mass is 9.84. The van der Waals surface area contributed by atoms with E-state index in [0.717, 1.165) is 5.56 Å². The Morgan fingerprint density at radius 1 is 1.31 bits per heavy atom. The molecular weight excluding hydrogens is 224 g/mol. The molecule has 2 nitrogen and oxygen atoms in total. The predicted molar refractivity (Wildman–Crippen MR) is 67.2 cm³/mol. The van der Waals surface area contributed by atoms with Gasteiger partial charge in [0, 0.05) is 17.0 Å². The third-order valence-electron chi connectivity index (χ3n) is 2.48. The van der Waals surface area contributed by atoms with Crippen molar-refractivity contribution in [2.24, 2.45) is 0 Å². The summed E-state index contributed by atoms with van der Waals surface area (Å²) in [5.41, 5.74) is 1.35. The molecule has 3 heteroatoms. The molecule has 0 radical (unpaired) electrons. The van der Waals surface area contributed by atoms with Crippen molar-refractivity contribution in [1.82, 2.24) is 0 Å². The standard InChI is InChI=1S/C13H19ClO2/c1-8(15)5-9-6-10(14)7-11(12(9)16)13(2,3)4/h6-8,15-16H,5H2,1-4H3. The molecule has 1 aromatic carbocycles. The van der Waals surface area contributed by atoms with Gasteiger partial charge in [0.15, 0.2) is 0 Å². The molecule has 0 aliphatic heterocycles. The Hall–Kier alpha value is -0.730. The van der Waals surface area contributed by atoms with Crippen molar-refractivity contribution in [2.45, 2.75) is 45.6 Å². The number of phenolic OH excluding ortho intramolecular Hbond substituents is 1. The molecule has 0 spiro atoms. The lowest BCUT2D eigenvalue weighted by Gasteiger charge is -2.22. The fourth-order valence-electron chi connectivity index (χ4n) is 1.70. The maximum absolute atomic E-state index is 10.1. The number of halogens is 1. The van der Waals surface area contributed by atoms with Crippen LogP contribution in [0, 0.1) is 0 Å². The third-order valence-corrected chi connectivity index (χ3v) is 2.70. The molecule has 0 aliphatic rings. The van der Waals surface area contributed by atoms with E-state index < -0.39 is 6.10 Å². The first-order chi connectivity index (χ1) is 7.21. The second-order valence-electron chi connectivity index (χ2n) is 5.26. The second kappa shape index (κ2) is 4.64. The average Bonchev–Trinajstić information content (AvgIpc) is 2.07. The molecule has 0 fully saturated rings. The van der Waals surface area contributed by atoms with E-state index in [4.69, 9.17) is 11.6 Å². The molecule has 0 bridgehead atoms. The zero-order chi connectivity index (χ0) is 12.5. The molecule has 0 saturated carbocycles. The topological polar surface area (TPSA) is 40.5 Å². The zero-order valence-corrected chi connectivity index (χ0v) is 11.0. The smallest absolute Gasteiger partial charge is 0.122 e. The molecule has 2 N–H and O–H groups in total. The van der Waals surface area contributed by atoms with Gasteiger partial charge in [0.05, 0.1) is 6.10 Å². The van der Waals surface area contributed by atoms with Crippen LogP contribution in [0.3, 0.4) is 0 Å². The van der Waals surface area contributed by atoms with Crippen LogP contribution in [0.25, 0.3) is 0 Å². The Kier molecular flexibility index (Phi) is 3.87. The van der Waals surface area contributed by atoms with Gasteiger partial charge in [-0.25, -0.2) is 0 Å². The summed E-state index contributed by atoms with van der Waals surface area (Å²) in [6, 6.07) is 3.49. The first-order valence-electron chi connectivity index (χ1n) is 5.41. The third kappa shape index (κ3) is 3.13. The summed E-state index contributed by atoms with van der Waals surface area (Å²) in [7, 11) is 0. The maximum atomic E-state index is 10.1. The SMILES string of the molecule is CC(O)Cc1cc(Cl)cc(C(C)(C)C)c1O. The van der Waals surface area contributed by atoms with Crippen molar-refractivity contribution in [3.05, 3.63) is 28.3 Å². The highest BCUT2D eigenvalue weighted by Gasteiger charge is 2.21. The molecule has 1 atom stereocenters.